The molecule has 0 unspecified atom stereocenters. The van der Waals surface area contributed by atoms with E-state index in [0.717, 1.165) is 56.1 Å². The lowest BCUT2D eigenvalue weighted by atomic mass is 10.1. The van der Waals surface area contributed by atoms with E-state index in [1.165, 1.54) is 10.8 Å². The Hall–Kier alpha value is -8.56. The van der Waals surface area contributed by atoms with Crippen molar-refractivity contribution in [1.82, 2.24) is 44.4 Å². The summed E-state index contributed by atoms with van der Waals surface area (Å²) >= 11 is 0. The lowest BCUT2D eigenvalue weighted by molar-refractivity contribution is 1.05. The van der Waals surface area contributed by atoms with Gasteiger partial charge in [0.1, 0.15) is 5.69 Å². The van der Waals surface area contributed by atoms with Crippen molar-refractivity contribution in [1.29, 1.82) is 0 Å². The van der Waals surface area contributed by atoms with Crippen molar-refractivity contribution in [3.05, 3.63) is 200 Å². The van der Waals surface area contributed by atoms with Crippen molar-refractivity contribution >= 4 is 21.8 Å². The fraction of sp³-hybridized carbons (Fsp3) is 0. The molecule has 286 valence electrons. The normalized spacial score (nSPS) is 11.3. The third kappa shape index (κ3) is 6.85. The average molecular weight is 784 g/mol. The number of para-hydroxylation sites is 2. The fourth-order valence-corrected chi connectivity index (χ4v) is 7.72. The molecule has 9 heteroatoms. The summed E-state index contributed by atoms with van der Waals surface area (Å²) in [4.78, 5) is 39.9. The van der Waals surface area contributed by atoms with E-state index >= 15 is 0 Å². The maximum Gasteiger partial charge on any atom is 0.182 e. The van der Waals surface area contributed by atoms with Crippen LogP contribution in [0.15, 0.2) is 200 Å². The Balaban J connectivity index is 1.12. The van der Waals surface area contributed by atoms with Gasteiger partial charge in [0.15, 0.2) is 23.3 Å². The van der Waals surface area contributed by atoms with E-state index in [-0.39, 0.29) is 0 Å². The molecule has 0 aliphatic rings. The van der Waals surface area contributed by atoms with Crippen molar-refractivity contribution in [2.75, 3.05) is 0 Å². The first kappa shape index (κ1) is 35.6. The highest BCUT2D eigenvalue weighted by Crippen LogP contribution is 2.35. The monoisotopic (exact) mass is 783 g/mol. The van der Waals surface area contributed by atoms with Crippen LogP contribution in [-0.4, -0.2) is 44.4 Å². The van der Waals surface area contributed by atoms with Crippen LogP contribution in [0.1, 0.15) is 0 Å². The maximum absolute atomic E-state index is 5.18. The van der Waals surface area contributed by atoms with Gasteiger partial charge >= 0.3 is 0 Å². The number of pyridine rings is 3. The highest BCUT2D eigenvalue weighted by molar-refractivity contribution is 6.09. The van der Waals surface area contributed by atoms with Gasteiger partial charge in [-0.3, -0.25) is 9.97 Å². The van der Waals surface area contributed by atoms with Crippen LogP contribution < -0.4 is 0 Å². The minimum atomic E-state index is 0.402. The van der Waals surface area contributed by atoms with Crippen LogP contribution >= 0.6 is 0 Å². The van der Waals surface area contributed by atoms with Crippen LogP contribution in [0.3, 0.4) is 0 Å². The van der Waals surface area contributed by atoms with Crippen LogP contribution in [0, 0.1) is 0 Å². The molecule has 0 aliphatic carbocycles. The largest absolute Gasteiger partial charge is 0.309 e. The summed E-state index contributed by atoms with van der Waals surface area (Å²) in [6.45, 7) is 0. The summed E-state index contributed by atoms with van der Waals surface area (Å²) < 4.78 is 2.31. The molecule has 0 atom stereocenters. The number of hydrogen-bond donors (Lipinski definition) is 0. The van der Waals surface area contributed by atoms with E-state index in [9.17, 15) is 0 Å². The quantitative estimate of drug-likeness (QED) is 0.150. The molecule has 0 saturated heterocycles. The van der Waals surface area contributed by atoms with Gasteiger partial charge in [-0.25, -0.2) is 29.9 Å². The molecule has 11 rings (SSSR count). The lowest BCUT2D eigenvalue weighted by Gasteiger charge is -2.13. The van der Waals surface area contributed by atoms with E-state index in [1.54, 1.807) is 12.4 Å². The molecule has 0 spiro atoms. The summed E-state index contributed by atoms with van der Waals surface area (Å²) in [6.07, 6.45) is 3.52. The second kappa shape index (κ2) is 15.3. The number of hydrogen-bond acceptors (Lipinski definition) is 8. The highest BCUT2D eigenvalue weighted by atomic mass is 15.1. The zero-order valence-corrected chi connectivity index (χ0v) is 32.6. The topological polar surface area (TPSA) is 108 Å². The Morgan fingerprint density at radius 1 is 0.279 bits per heavy atom. The number of benzene rings is 5. The third-order valence-electron chi connectivity index (χ3n) is 10.6. The minimum absolute atomic E-state index is 0.402. The van der Waals surface area contributed by atoms with E-state index < -0.39 is 0 Å². The standard InChI is InChI=1S/C52H33N9/c1-3-16-34(17-4-1)49-56-43(36-20-15-21-38(30-36)61-47-26-9-7-22-39(47)40-23-8-10-27-48(40)61)33-46(57-49)52-59-50(35-18-5-2-6-19-35)58-51(60-52)37-31-44(41-24-11-13-28-53-41)55-45(32-37)42-25-12-14-29-54-42/h1-33H. The Morgan fingerprint density at radius 3 is 1.36 bits per heavy atom. The molecular formula is C52H33N9. The van der Waals surface area contributed by atoms with Crippen molar-refractivity contribution in [2.45, 2.75) is 0 Å². The van der Waals surface area contributed by atoms with Gasteiger partial charge in [0, 0.05) is 51.1 Å². The Kier molecular flexibility index (Phi) is 8.94. The van der Waals surface area contributed by atoms with Crippen LogP contribution in [0.4, 0.5) is 0 Å². The number of fused-ring (bicyclic) bond motifs is 3. The van der Waals surface area contributed by atoms with Crippen LogP contribution in [0.5, 0.6) is 0 Å². The number of rotatable bonds is 8. The fourth-order valence-electron chi connectivity index (χ4n) is 7.72. The van der Waals surface area contributed by atoms with Gasteiger partial charge in [0.05, 0.1) is 39.5 Å². The van der Waals surface area contributed by atoms with E-state index in [1.807, 2.05) is 115 Å². The summed E-state index contributed by atoms with van der Waals surface area (Å²) in [7, 11) is 0. The highest BCUT2D eigenvalue weighted by Gasteiger charge is 2.20. The van der Waals surface area contributed by atoms with Gasteiger partial charge in [-0.15, -0.1) is 0 Å². The number of aromatic nitrogens is 9. The summed E-state index contributed by atoms with van der Waals surface area (Å²) in [5.74, 6) is 1.91. The Labute approximate surface area is 350 Å². The second-order valence-electron chi connectivity index (χ2n) is 14.5. The summed E-state index contributed by atoms with van der Waals surface area (Å²) in [5, 5.41) is 2.40. The zero-order valence-electron chi connectivity index (χ0n) is 32.6. The van der Waals surface area contributed by atoms with Crippen molar-refractivity contribution in [3.63, 3.8) is 0 Å². The Morgan fingerprint density at radius 2 is 0.770 bits per heavy atom. The van der Waals surface area contributed by atoms with Gasteiger partial charge in [-0.1, -0.05) is 121 Å². The molecule has 0 fully saturated rings. The van der Waals surface area contributed by atoms with Crippen LogP contribution in [0.2, 0.25) is 0 Å². The number of nitrogens with zero attached hydrogens (tertiary/aromatic N) is 9. The summed E-state index contributed by atoms with van der Waals surface area (Å²) in [5.41, 5.74) is 10.7. The van der Waals surface area contributed by atoms with Gasteiger partial charge in [-0.2, -0.15) is 0 Å². The molecule has 61 heavy (non-hydrogen) atoms. The minimum Gasteiger partial charge on any atom is -0.309 e. The molecule has 0 aliphatic heterocycles. The Bertz CT molecular complexity index is 3240. The maximum atomic E-state index is 5.18. The summed E-state index contributed by atoms with van der Waals surface area (Å²) in [6, 6.07) is 62.9. The molecule has 6 aromatic heterocycles. The average Bonchev–Trinajstić information content (AvgIpc) is 3.69. The van der Waals surface area contributed by atoms with Crippen LogP contribution in [0.25, 0.3) is 107 Å². The molecule has 0 radical (unpaired) electrons. The third-order valence-corrected chi connectivity index (χ3v) is 10.6. The molecule has 11 aromatic rings. The van der Waals surface area contributed by atoms with Gasteiger partial charge in [0.2, 0.25) is 0 Å². The van der Waals surface area contributed by atoms with E-state index in [4.69, 9.17) is 29.9 Å². The van der Waals surface area contributed by atoms with Gasteiger partial charge < -0.3 is 4.57 Å². The molecule has 0 N–H and O–H groups in total. The molecule has 0 bridgehead atoms. The SMILES string of the molecule is c1ccc(-c2nc(-c3cccc(-n4c5ccccc5c5ccccc54)c3)cc(-c3nc(-c4ccccc4)nc(-c4cc(-c5ccccn5)nc(-c5ccccn5)c4)n3)n2)cc1. The first-order valence-electron chi connectivity index (χ1n) is 19.9. The molecule has 6 heterocycles. The van der Waals surface area contributed by atoms with Crippen molar-refractivity contribution in [3.8, 4) is 85.4 Å². The predicted octanol–water partition coefficient (Wildman–Crippen LogP) is 11.6. The molecule has 5 aromatic carbocycles. The van der Waals surface area contributed by atoms with E-state index in [2.05, 4.69) is 87.3 Å². The lowest BCUT2D eigenvalue weighted by Crippen LogP contribution is -2.04. The molecule has 0 amide bonds. The van der Waals surface area contributed by atoms with Gasteiger partial charge in [-0.05, 0) is 66.7 Å². The molecular weight excluding hydrogens is 751 g/mol. The predicted molar refractivity (Wildman–Crippen MR) is 241 cm³/mol. The van der Waals surface area contributed by atoms with Crippen LogP contribution in [-0.2, 0) is 0 Å². The van der Waals surface area contributed by atoms with Crippen molar-refractivity contribution < 1.29 is 0 Å². The first-order valence-corrected chi connectivity index (χ1v) is 19.9. The van der Waals surface area contributed by atoms with E-state index in [0.29, 0.717) is 40.4 Å². The second-order valence-corrected chi connectivity index (χ2v) is 14.5. The smallest absolute Gasteiger partial charge is 0.182 e. The molecule has 0 saturated carbocycles. The van der Waals surface area contributed by atoms with Gasteiger partial charge in [0.25, 0.3) is 0 Å². The first-order chi connectivity index (χ1) is 30.2. The molecule has 9 nitrogen and oxygen atoms in total. The zero-order chi connectivity index (χ0) is 40.5. The van der Waals surface area contributed by atoms with Crippen molar-refractivity contribution in [2.24, 2.45) is 0 Å².